The lowest BCUT2D eigenvalue weighted by Gasteiger charge is -2.36. The van der Waals surface area contributed by atoms with Crippen molar-refractivity contribution in [2.45, 2.75) is 59.4 Å². The second-order valence-corrected chi connectivity index (χ2v) is 7.66. The monoisotopic (exact) mass is 416 g/mol. The Balaban J connectivity index is 2.03. The van der Waals surface area contributed by atoms with E-state index in [0.29, 0.717) is 37.8 Å². The summed E-state index contributed by atoms with van der Waals surface area (Å²) in [6.45, 7) is 10.3. The van der Waals surface area contributed by atoms with Gasteiger partial charge in [-0.2, -0.15) is 0 Å². The third-order valence-corrected chi connectivity index (χ3v) is 5.35. The first kappa shape index (κ1) is 23.8. The molecule has 2 rings (SSSR count). The maximum absolute atomic E-state index is 12.8. The van der Waals surface area contributed by atoms with E-state index >= 15 is 0 Å². The first-order chi connectivity index (χ1) is 14.5. The van der Waals surface area contributed by atoms with Gasteiger partial charge in [-0.25, -0.2) is 0 Å². The second-order valence-electron chi connectivity index (χ2n) is 7.66. The minimum absolute atomic E-state index is 0.0602. The van der Waals surface area contributed by atoms with Crippen molar-refractivity contribution in [2.75, 3.05) is 26.3 Å². The summed E-state index contributed by atoms with van der Waals surface area (Å²) >= 11 is 0. The largest absolute Gasteiger partial charge is 0.490 e. The Hall–Kier alpha value is -2.50. The fourth-order valence-corrected chi connectivity index (χ4v) is 3.60. The number of carbonyl (C=O) groups is 2. The third-order valence-electron chi connectivity index (χ3n) is 5.35. The summed E-state index contributed by atoms with van der Waals surface area (Å²) in [6.07, 6.45) is 7.06. The van der Waals surface area contributed by atoms with E-state index in [2.05, 4.69) is 12.2 Å². The number of piperidine rings is 1. The van der Waals surface area contributed by atoms with E-state index in [0.717, 1.165) is 31.2 Å². The van der Waals surface area contributed by atoms with E-state index in [1.807, 2.05) is 43.9 Å². The molecule has 2 atom stereocenters. The molecule has 1 aliphatic heterocycles. The number of benzene rings is 1. The lowest BCUT2D eigenvalue weighted by atomic mass is 9.92. The van der Waals surface area contributed by atoms with Crippen LogP contribution in [0.5, 0.6) is 11.5 Å². The number of unbranched alkanes of at least 4 members (excludes halogenated alkanes) is 1. The van der Waals surface area contributed by atoms with Crippen LogP contribution in [0.4, 0.5) is 0 Å². The zero-order valence-electron chi connectivity index (χ0n) is 18.8. The zero-order valence-corrected chi connectivity index (χ0v) is 18.8. The molecule has 6 nitrogen and oxygen atoms in total. The van der Waals surface area contributed by atoms with Crippen LogP contribution in [0.2, 0.25) is 0 Å². The van der Waals surface area contributed by atoms with Gasteiger partial charge in [-0.05, 0) is 63.8 Å². The Labute approximate surface area is 180 Å². The van der Waals surface area contributed by atoms with Crippen molar-refractivity contribution in [3.05, 3.63) is 29.8 Å². The Morgan fingerprint density at radius 3 is 2.57 bits per heavy atom. The summed E-state index contributed by atoms with van der Waals surface area (Å²) in [4.78, 5) is 27.1. The molecule has 1 aliphatic rings. The number of ether oxygens (including phenoxy) is 2. The van der Waals surface area contributed by atoms with E-state index < -0.39 is 0 Å². The van der Waals surface area contributed by atoms with Crippen molar-refractivity contribution in [3.8, 4) is 11.5 Å². The van der Waals surface area contributed by atoms with E-state index in [-0.39, 0.29) is 23.8 Å². The number of carbonyl (C=O) groups excluding carboxylic acids is 2. The summed E-state index contributed by atoms with van der Waals surface area (Å²) in [5.41, 5.74) is 0.869. The number of rotatable bonds is 10. The molecule has 0 aromatic heterocycles. The van der Waals surface area contributed by atoms with Gasteiger partial charge in [0, 0.05) is 25.2 Å². The van der Waals surface area contributed by atoms with Crippen molar-refractivity contribution in [1.82, 2.24) is 10.2 Å². The Bertz CT molecular complexity index is 732. The van der Waals surface area contributed by atoms with E-state index in [1.165, 1.54) is 0 Å². The van der Waals surface area contributed by atoms with Gasteiger partial charge in [0.1, 0.15) is 0 Å². The van der Waals surface area contributed by atoms with Gasteiger partial charge in [0.15, 0.2) is 11.5 Å². The van der Waals surface area contributed by atoms with Gasteiger partial charge in [0.2, 0.25) is 11.8 Å². The van der Waals surface area contributed by atoms with Crippen LogP contribution in [-0.2, 0) is 9.59 Å². The van der Waals surface area contributed by atoms with Crippen molar-refractivity contribution >= 4 is 17.9 Å². The molecule has 1 saturated heterocycles. The average Bonchev–Trinajstić information content (AvgIpc) is 2.74. The molecule has 1 N–H and O–H groups in total. The molecule has 1 aromatic carbocycles. The van der Waals surface area contributed by atoms with E-state index in [4.69, 9.17) is 9.47 Å². The van der Waals surface area contributed by atoms with Crippen molar-refractivity contribution < 1.29 is 19.1 Å². The Kier molecular flexibility index (Phi) is 9.71. The predicted molar refractivity (Wildman–Crippen MR) is 120 cm³/mol. The van der Waals surface area contributed by atoms with Crippen LogP contribution in [0.25, 0.3) is 6.08 Å². The summed E-state index contributed by atoms with van der Waals surface area (Å²) in [5, 5.41) is 3.00. The maximum Gasteiger partial charge on any atom is 0.246 e. The topological polar surface area (TPSA) is 67.9 Å². The zero-order chi connectivity index (χ0) is 21.9. The molecule has 0 radical (unpaired) electrons. The molecular formula is C24H36N2O4. The minimum atomic E-state index is -0.134. The first-order valence-corrected chi connectivity index (χ1v) is 11.2. The van der Waals surface area contributed by atoms with Crippen molar-refractivity contribution in [3.63, 3.8) is 0 Å². The maximum atomic E-state index is 12.8. The Morgan fingerprint density at radius 2 is 1.87 bits per heavy atom. The van der Waals surface area contributed by atoms with Crippen LogP contribution in [0.1, 0.15) is 58.9 Å². The van der Waals surface area contributed by atoms with E-state index in [1.54, 1.807) is 12.2 Å². The molecule has 166 valence electrons. The summed E-state index contributed by atoms with van der Waals surface area (Å²) in [7, 11) is 0. The number of hydrogen-bond donors (Lipinski definition) is 1. The second kappa shape index (κ2) is 12.3. The molecule has 6 heteroatoms. The van der Waals surface area contributed by atoms with Gasteiger partial charge in [-0.3, -0.25) is 9.59 Å². The predicted octanol–water partition coefficient (Wildman–Crippen LogP) is 4.04. The molecule has 2 amide bonds. The van der Waals surface area contributed by atoms with Crippen LogP contribution in [-0.4, -0.2) is 49.1 Å². The van der Waals surface area contributed by atoms with Gasteiger partial charge in [-0.15, -0.1) is 0 Å². The van der Waals surface area contributed by atoms with Gasteiger partial charge in [0.25, 0.3) is 0 Å². The number of hydrogen-bond acceptors (Lipinski definition) is 4. The van der Waals surface area contributed by atoms with Gasteiger partial charge >= 0.3 is 0 Å². The van der Waals surface area contributed by atoms with Gasteiger partial charge < -0.3 is 19.7 Å². The summed E-state index contributed by atoms with van der Waals surface area (Å²) in [5.74, 6) is 1.23. The Morgan fingerprint density at radius 1 is 1.13 bits per heavy atom. The highest BCUT2D eigenvalue weighted by Gasteiger charge is 2.31. The molecule has 1 fully saturated rings. The minimum Gasteiger partial charge on any atom is -0.490 e. The lowest BCUT2D eigenvalue weighted by Crippen LogP contribution is -2.49. The number of nitrogens with zero attached hydrogens (tertiary/aromatic N) is 1. The molecule has 0 bridgehead atoms. The van der Waals surface area contributed by atoms with Crippen molar-refractivity contribution in [1.29, 1.82) is 0 Å². The van der Waals surface area contributed by atoms with Crippen molar-refractivity contribution in [2.24, 2.45) is 5.92 Å². The molecule has 0 saturated carbocycles. The standard InChI is InChI=1S/C24H36N2O4/c1-5-8-15-25-24(28)20-12-9-18(4)26(17-20)23(27)14-11-19-10-13-21(29-6-2)22(16-19)30-7-3/h10-11,13-14,16,18,20H,5-9,12,15,17H2,1-4H3,(H,25,28). The lowest BCUT2D eigenvalue weighted by molar-refractivity contribution is -0.134. The number of amides is 2. The fraction of sp³-hybridized carbons (Fsp3) is 0.583. The van der Waals surface area contributed by atoms with Crippen LogP contribution >= 0.6 is 0 Å². The molecule has 0 aliphatic carbocycles. The molecular weight excluding hydrogens is 380 g/mol. The molecule has 1 aromatic rings. The highest BCUT2D eigenvalue weighted by atomic mass is 16.5. The highest BCUT2D eigenvalue weighted by Crippen LogP contribution is 2.29. The smallest absolute Gasteiger partial charge is 0.246 e. The molecule has 1 heterocycles. The molecule has 0 spiro atoms. The number of likely N-dealkylation sites (tertiary alicyclic amines) is 1. The van der Waals surface area contributed by atoms with Crippen LogP contribution < -0.4 is 14.8 Å². The molecule has 2 unspecified atom stereocenters. The van der Waals surface area contributed by atoms with Crippen LogP contribution in [0, 0.1) is 5.92 Å². The summed E-state index contributed by atoms with van der Waals surface area (Å²) < 4.78 is 11.2. The average molecular weight is 417 g/mol. The normalized spacial score (nSPS) is 19.0. The molecule has 30 heavy (non-hydrogen) atoms. The van der Waals surface area contributed by atoms with E-state index in [9.17, 15) is 9.59 Å². The van der Waals surface area contributed by atoms with Gasteiger partial charge in [-0.1, -0.05) is 19.4 Å². The number of nitrogens with one attached hydrogen (secondary N) is 1. The van der Waals surface area contributed by atoms with Crippen LogP contribution in [0.15, 0.2) is 24.3 Å². The van der Waals surface area contributed by atoms with Crippen LogP contribution in [0.3, 0.4) is 0 Å². The fourth-order valence-electron chi connectivity index (χ4n) is 3.60. The third kappa shape index (κ3) is 6.78. The van der Waals surface area contributed by atoms with Gasteiger partial charge in [0.05, 0.1) is 19.1 Å². The quantitative estimate of drug-likeness (QED) is 0.462. The SMILES string of the molecule is CCCCNC(=O)C1CCC(C)N(C(=O)C=Cc2ccc(OCC)c(OCC)c2)C1. The summed E-state index contributed by atoms with van der Waals surface area (Å²) in [6, 6.07) is 5.77. The first-order valence-electron chi connectivity index (χ1n) is 11.2. The highest BCUT2D eigenvalue weighted by molar-refractivity contribution is 5.92.